The lowest BCUT2D eigenvalue weighted by Gasteiger charge is -2.31. The molecule has 8 N–H and O–H groups in total. The van der Waals surface area contributed by atoms with Crippen LogP contribution in [0.5, 0.6) is 0 Å². The number of hydrogen-bond acceptors (Lipinski definition) is 7. The van der Waals surface area contributed by atoms with Gasteiger partial charge in [-0.05, 0) is 42.7 Å². The highest BCUT2D eigenvalue weighted by molar-refractivity contribution is 5.58. The van der Waals surface area contributed by atoms with E-state index in [2.05, 4.69) is 5.32 Å². The minimum absolute atomic E-state index is 0.0247. The van der Waals surface area contributed by atoms with Crippen LogP contribution in [0.2, 0.25) is 0 Å². The number of aliphatic hydroxyl groups excluding tert-OH is 3. The Hall–Kier alpha value is -2.06. The Balaban J connectivity index is 2.05. The standard InChI is InChI=1S/C19H30N4O3/c20-18-4-5-19(21,6-9-24)13-15(18)14-22-16-2-1-3-17(12-16)23(7-10-25)8-11-26/h1-5,12,22,24-26H,6-11,13-14,20-21H2. The molecule has 1 aromatic carbocycles. The van der Waals surface area contributed by atoms with Gasteiger partial charge in [0.05, 0.1) is 13.2 Å². The van der Waals surface area contributed by atoms with E-state index in [1.54, 1.807) is 0 Å². The van der Waals surface area contributed by atoms with Crippen molar-refractivity contribution in [3.8, 4) is 0 Å². The topological polar surface area (TPSA) is 128 Å². The highest BCUT2D eigenvalue weighted by Crippen LogP contribution is 2.27. The number of benzene rings is 1. The van der Waals surface area contributed by atoms with E-state index < -0.39 is 5.54 Å². The molecule has 0 bridgehead atoms. The zero-order chi connectivity index (χ0) is 19.0. The molecule has 0 radical (unpaired) electrons. The summed E-state index contributed by atoms with van der Waals surface area (Å²) in [4.78, 5) is 1.92. The molecule has 0 fully saturated rings. The van der Waals surface area contributed by atoms with Crippen LogP contribution in [0.4, 0.5) is 11.4 Å². The zero-order valence-corrected chi connectivity index (χ0v) is 15.1. The number of nitrogens with two attached hydrogens (primary N) is 2. The van der Waals surface area contributed by atoms with Gasteiger partial charge in [-0.25, -0.2) is 0 Å². The van der Waals surface area contributed by atoms with Gasteiger partial charge in [-0.3, -0.25) is 0 Å². The van der Waals surface area contributed by atoms with Crippen molar-refractivity contribution in [1.82, 2.24) is 0 Å². The summed E-state index contributed by atoms with van der Waals surface area (Å²) in [6.07, 6.45) is 4.78. The van der Waals surface area contributed by atoms with Crippen LogP contribution in [0.3, 0.4) is 0 Å². The Bertz CT molecular complexity index is 641. The van der Waals surface area contributed by atoms with Gasteiger partial charge in [0.25, 0.3) is 0 Å². The maximum absolute atomic E-state index is 9.20. The summed E-state index contributed by atoms with van der Waals surface area (Å²) in [5.74, 6) is 0. The van der Waals surface area contributed by atoms with Crippen molar-refractivity contribution in [3.63, 3.8) is 0 Å². The average Bonchev–Trinajstić information content (AvgIpc) is 2.63. The minimum atomic E-state index is -0.560. The normalized spacial score (nSPS) is 19.7. The van der Waals surface area contributed by atoms with Crippen molar-refractivity contribution in [1.29, 1.82) is 0 Å². The molecule has 1 aromatic rings. The van der Waals surface area contributed by atoms with Crippen LogP contribution in [0.1, 0.15) is 12.8 Å². The van der Waals surface area contributed by atoms with Crippen LogP contribution in [-0.2, 0) is 0 Å². The lowest BCUT2D eigenvalue weighted by atomic mass is 9.83. The van der Waals surface area contributed by atoms with E-state index in [0.29, 0.717) is 38.2 Å². The lowest BCUT2D eigenvalue weighted by Crippen LogP contribution is -2.41. The Kier molecular flexibility index (Phi) is 7.47. The molecule has 0 aliphatic heterocycles. The summed E-state index contributed by atoms with van der Waals surface area (Å²) in [5.41, 5.74) is 15.4. The van der Waals surface area contributed by atoms with Crippen molar-refractivity contribution < 1.29 is 15.3 Å². The van der Waals surface area contributed by atoms with Gasteiger partial charge in [0, 0.05) is 48.9 Å². The molecule has 7 nitrogen and oxygen atoms in total. The maximum atomic E-state index is 9.20. The average molecular weight is 362 g/mol. The first-order valence-electron chi connectivity index (χ1n) is 8.88. The van der Waals surface area contributed by atoms with Gasteiger partial charge >= 0.3 is 0 Å². The fourth-order valence-corrected chi connectivity index (χ4v) is 3.11. The molecule has 0 saturated carbocycles. The molecule has 1 unspecified atom stereocenters. The van der Waals surface area contributed by atoms with Crippen LogP contribution in [0.15, 0.2) is 47.7 Å². The van der Waals surface area contributed by atoms with Gasteiger partial charge in [-0.15, -0.1) is 0 Å². The van der Waals surface area contributed by atoms with E-state index in [9.17, 15) is 15.3 Å². The monoisotopic (exact) mass is 362 g/mol. The SMILES string of the molecule is NC1=C(CNc2cccc(N(CCO)CCO)c2)CC(N)(CCO)C=C1. The van der Waals surface area contributed by atoms with Crippen LogP contribution < -0.4 is 21.7 Å². The van der Waals surface area contributed by atoms with Gasteiger partial charge in [0.1, 0.15) is 0 Å². The Morgan fingerprint density at radius 1 is 1.12 bits per heavy atom. The molecule has 26 heavy (non-hydrogen) atoms. The molecule has 1 aliphatic carbocycles. The predicted molar refractivity (Wildman–Crippen MR) is 105 cm³/mol. The quantitative estimate of drug-likeness (QED) is 0.349. The second-order valence-corrected chi connectivity index (χ2v) is 6.61. The van der Waals surface area contributed by atoms with Crippen LogP contribution in [0.25, 0.3) is 0 Å². The Labute approximate surface area is 154 Å². The minimum Gasteiger partial charge on any atom is -0.399 e. The summed E-state index contributed by atoms with van der Waals surface area (Å²) >= 11 is 0. The molecule has 0 amide bonds. The number of allylic oxidation sites excluding steroid dienone is 1. The first-order valence-corrected chi connectivity index (χ1v) is 8.88. The lowest BCUT2D eigenvalue weighted by molar-refractivity contribution is 0.255. The smallest absolute Gasteiger partial charge is 0.0606 e. The van der Waals surface area contributed by atoms with Crippen LogP contribution in [0, 0.1) is 0 Å². The fraction of sp³-hybridized carbons (Fsp3) is 0.474. The predicted octanol–water partition coefficient (Wildman–Crippen LogP) is 0.142. The highest BCUT2D eigenvalue weighted by Gasteiger charge is 2.26. The summed E-state index contributed by atoms with van der Waals surface area (Å²) in [5, 5.41) is 30.9. The van der Waals surface area contributed by atoms with Crippen LogP contribution in [-0.4, -0.2) is 60.3 Å². The van der Waals surface area contributed by atoms with Crippen molar-refractivity contribution in [2.45, 2.75) is 18.4 Å². The number of anilines is 2. The molecule has 7 heteroatoms. The first-order chi connectivity index (χ1) is 12.5. The number of rotatable bonds is 10. The zero-order valence-electron chi connectivity index (χ0n) is 15.1. The van der Waals surface area contributed by atoms with Crippen LogP contribution >= 0.6 is 0 Å². The number of nitrogens with zero attached hydrogens (tertiary/aromatic N) is 1. The molecule has 0 aromatic heterocycles. The van der Waals surface area contributed by atoms with E-state index in [1.165, 1.54) is 0 Å². The molecule has 2 rings (SSSR count). The molecular formula is C19H30N4O3. The van der Waals surface area contributed by atoms with E-state index >= 15 is 0 Å². The van der Waals surface area contributed by atoms with E-state index in [-0.39, 0.29) is 19.8 Å². The van der Waals surface area contributed by atoms with E-state index in [0.717, 1.165) is 16.9 Å². The highest BCUT2D eigenvalue weighted by atomic mass is 16.3. The first kappa shape index (κ1) is 20.3. The molecule has 1 atom stereocenters. The summed E-state index contributed by atoms with van der Waals surface area (Å²) in [6, 6.07) is 7.80. The van der Waals surface area contributed by atoms with Crippen molar-refractivity contribution in [2.75, 3.05) is 49.7 Å². The number of nitrogens with one attached hydrogen (secondary N) is 1. The molecule has 144 valence electrons. The van der Waals surface area contributed by atoms with E-state index in [4.69, 9.17) is 11.5 Å². The van der Waals surface area contributed by atoms with Gasteiger partial charge in [0.2, 0.25) is 0 Å². The maximum Gasteiger partial charge on any atom is 0.0606 e. The number of hydrogen-bond donors (Lipinski definition) is 6. The largest absolute Gasteiger partial charge is 0.399 e. The molecule has 0 spiro atoms. The second-order valence-electron chi connectivity index (χ2n) is 6.61. The molecule has 0 saturated heterocycles. The summed E-state index contributed by atoms with van der Waals surface area (Å²) < 4.78 is 0. The third-order valence-corrected chi connectivity index (χ3v) is 4.58. The molecule has 0 heterocycles. The van der Waals surface area contributed by atoms with Crippen molar-refractivity contribution >= 4 is 11.4 Å². The van der Waals surface area contributed by atoms with Gasteiger partial charge < -0.3 is 37.0 Å². The summed E-state index contributed by atoms with van der Waals surface area (Å²) in [7, 11) is 0. The Morgan fingerprint density at radius 3 is 2.50 bits per heavy atom. The second kappa shape index (κ2) is 9.59. The van der Waals surface area contributed by atoms with Gasteiger partial charge in [0.15, 0.2) is 0 Å². The molecular weight excluding hydrogens is 332 g/mol. The fourth-order valence-electron chi connectivity index (χ4n) is 3.11. The summed E-state index contributed by atoms with van der Waals surface area (Å²) in [6.45, 7) is 1.57. The number of aliphatic hydroxyl groups is 3. The Morgan fingerprint density at radius 2 is 1.85 bits per heavy atom. The van der Waals surface area contributed by atoms with Gasteiger partial charge in [-0.1, -0.05) is 12.1 Å². The van der Waals surface area contributed by atoms with Crippen molar-refractivity contribution in [2.24, 2.45) is 11.5 Å². The van der Waals surface area contributed by atoms with Gasteiger partial charge in [-0.2, -0.15) is 0 Å². The van der Waals surface area contributed by atoms with E-state index in [1.807, 2.05) is 41.3 Å². The molecule has 1 aliphatic rings. The third kappa shape index (κ3) is 5.47. The van der Waals surface area contributed by atoms with Crippen molar-refractivity contribution in [3.05, 3.63) is 47.7 Å². The third-order valence-electron chi connectivity index (χ3n) is 4.58.